The maximum absolute atomic E-state index is 11.7. The van der Waals surface area contributed by atoms with E-state index in [4.69, 9.17) is 10.5 Å². The molecule has 0 spiro atoms. The normalized spacial score (nSPS) is 24.7. The van der Waals surface area contributed by atoms with Gasteiger partial charge in [0.1, 0.15) is 18.3 Å². The van der Waals surface area contributed by atoms with Gasteiger partial charge in [0.25, 0.3) is 5.56 Å². The molecule has 0 aliphatic carbocycles. The van der Waals surface area contributed by atoms with Crippen molar-refractivity contribution in [2.75, 3.05) is 12.3 Å². The zero-order valence-corrected chi connectivity index (χ0v) is 19.2. The van der Waals surface area contributed by atoms with Gasteiger partial charge in [-0.15, -0.1) is 0 Å². The minimum atomic E-state index is -5.26. The number of aromatic amines is 1. The third-order valence-corrected chi connectivity index (χ3v) is 3.92. The fourth-order valence-electron chi connectivity index (χ4n) is 2.39. The molecule has 1 aliphatic heterocycles. The number of fused-ring (bicyclic) bond motifs is 1. The number of nitrogen functional groups attached to an aromatic ring is 1. The molecule has 1 aliphatic rings. The van der Waals surface area contributed by atoms with Crippen LogP contribution in [-0.4, -0.2) is 60.1 Å². The second-order valence-electron chi connectivity index (χ2n) is 5.06. The Morgan fingerprint density at radius 1 is 1.37 bits per heavy atom. The summed E-state index contributed by atoms with van der Waals surface area (Å²) in [6.07, 6.45) is -4.46. The van der Waals surface area contributed by atoms with E-state index in [1.54, 1.807) is 0 Å². The molecule has 3 rings (SSSR count). The Labute approximate surface area is 195 Å². The molecule has 27 heavy (non-hydrogen) atoms. The first-order chi connectivity index (χ1) is 11.2. The van der Waals surface area contributed by atoms with Gasteiger partial charge >= 0.3 is 59.1 Å². The number of rotatable bonds is 4. The van der Waals surface area contributed by atoms with E-state index in [2.05, 4.69) is 19.5 Å². The van der Waals surface area contributed by atoms with Gasteiger partial charge in [0, 0.05) is 0 Å². The van der Waals surface area contributed by atoms with Gasteiger partial charge in [0.2, 0.25) is 5.95 Å². The zero-order chi connectivity index (χ0) is 17.6. The minimum absolute atomic E-state index is 0. The minimum Gasteiger partial charge on any atom is -0.790 e. The van der Waals surface area contributed by atoms with Gasteiger partial charge in [-0.1, -0.05) is 0 Å². The number of H-pyrrole nitrogens is 1. The van der Waals surface area contributed by atoms with E-state index in [0.29, 0.717) is 0 Å². The zero-order valence-electron chi connectivity index (χ0n) is 14.3. The smallest absolute Gasteiger partial charge is 0.790 e. The third kappa shape index (κ3) is 5.81. The van der Waals surface area contributed by atoms with Crippen molar-refractivity contribution in [2.45, 2.75) is 24.5 Å². The standard InChI is InChI=1S/C10H14N5O8P.2Na.H2O/c11-10-13-7-4(8(18)14-10)12-2-15(7)9-6(17)5(16)3(23-9)1-22-24(19,20)21;;;/h2-3,5-6,9,16-17H,1H2,(H2,19,20,21)(H3,11,13,14,18);;;1H2/q;2*+1;/p-2. The van der Waals surface area contributed by atoms with Crippen LogP contribution in [0.3, 0.4) is 0 Å². The van der Waals surface area contributed by atoms with Crippen molar-refractivity contribution in [3.8, 4) is 0 Å². The van der Waals surface area contributed by atoms with Gasteiger partial charge in [-0.2, -0.15) is 4.98 Å². The van der Waals surface area contributed by atoms with Crippen molar-refractivity contribution in [3.63, 3.8) is 0 Å². The number of phosphoric ester groups is 1. The molecule has 3 heterocycles. The summed E-state index contributed by atoms with van der Waals surface area (Å²) in [7, 11) is -5.26. The van der Waals surface area contributed by atoms with Crippen LogP contribution in [0.2, 0.25) is 0 Å². The number of anilines is 1. The molecule has 4 unspecified atom stereocenters. The quantitative estimate of drug-likeness (QED) is 0.264. The molecule has 0 bridgehead atoms. The molecule has 2 aromatic heterocycles. The van der Waals surface area contributed by atoms with Crippen molar-refractivity contribution in [2.24, 2.45) is 0 Å². The molecular weight excluding hydrogens is 411 g/mol. The Hall–Kier alpha value is 0.1000. The summed E-state index contributed by atoms with van der Waals surface area (Å²) >= 11 is 0. The summed E-state index contributed by atoms with van der Waals surface area (Å²) in [6.45, 7) is -0.776. The monoisotopic (exact) mass is 425 g/mol. The van der Waals surface area contributed by atoms with Crippen molar-refractivity contribution in [3.05, 3.63) is 16.7 Å². The van der Waals surface area contributed by atoms with Crippen LogP contribution in [0.5, 0.6) is 0 Å². The van der Waals surface area contributed by atoms with Crippen molar-refractivity contribution in [1.82, 2.24) is 19.5 Å². The number of hydrogen-bond acceptors (Lipinski definition) is 11. The molecule has 1 saturated heterocycles. The molecule has 1 fully saturated rings. The number of nitrogens with one attached hydrogen (secondary N) is 1. The molecule has 4 atom stereocenters. The molecule has 0 saturated carbocycles. The van der Waals surface area contributed by atoms with E-state index in [-0.39, 0.29) is 81.7 Å². The van der Waals surface area contributed by atoms with E-state index < -0.39 is 44.5 Å². The van der Waals surface area contributed by atoms with Gasteiger partial charge < -0.3 is 45.0 Å². The van der Waals surface area contributed by atoms with Crippen LogP contribution in [0.25, 0.3) is 11.2 Å². The Morgan fingerprint density at radius 3 is 2.59 bits per heavy atom. The average Bonchev–Trinajstić information content (AvgIpc) is 3.00. The fourth-order valence-corrected chi connectivity index (χ4v) is 2.72. The number of nitrogens with zero attached hydrogens (tertiary/aromatic N) is 3. The van der Waals surface area contributed by atoms with E-state index in [0.717, 1.165) is 10.9 Å². The van der Waals surface area contributed by atoms with Crippen LogP contribution in [0, 0.1) is 0 Å². The van der Waals surface area contributed by atoms with Crippen molar-refractivity contribution < 1.29 is 98.4 Å². The van der Waals surface area contributed by atoms with Crippen molar-refractivity contribution in [1.29, 1.82) is 0 Å². The number of nitrogens with two attached hydrogens (primary N) is 1. The number of ether oxygens (including phenoxy) is 1. The van der Waals surface area contributed by atoms with Gasteiger partial charge in [-0.25, -0.2) is 4.98 Å². The molecule has 0 aromatic carbocycles. The molecule has 14 nitrogen and oxygen atoms in total. The number of aliphatic hydroxyl groups excluding tert-OH is 2. The van der Waals surface area contributed by atoms with Gasteiger partial charge in [-0.3, -0.25) is 14.3 Å². The van der Waals surface area contributed by atoms with Crippen LogP contribution in [0.1, 0.15) is 6.23 Å². The van der Waals surface area contributed by atoms with Crippen LogP contribution < -0.4 is 80.2 Å². The first-order valence-electron chi connectivity index (χ1n) is 6.58. The maximum Gasteiger partial charge on any atom is 1.00 e. The summed E-state index contributed by atoms with van der Waals surface area (Å²) in [5.41, 5.74) is 4.77. The predicted octanol–water partition coefficient (Wildman–Crippen LogP) is -10.7. The molecule has 2 aromatic rings. The predicted molar refractivity (Wildman–Crippen MR) is 75.7 cm³/mol. The van der Waals surface area contributed by atoms with Crippen LogP contribution in [0.4, 0.5) is 5.95 Å². The first-order valence-corrected chi connectivity index (χ1v) is 8.04. The summed E-state index contributed by atoms with van der Waals surface area (Å²) in [6, 6.07) is 0. The van der Waals surface area contributed by atoms with Gasteiger partial charge in [0.15, 0.2) is 17.4 Å². The van der Waals surface area contributed by atoms with Crippen LogP contribution >= 0.6 is 7.82 Å². The summed E-state index contributed by atoms with van der Waals surface area (Å²) in [5.74, 6) is -0.194. The second-order valence-corrected chi connectivity index (χ2v) is 6.22. The topological polar surface area (TPSA) is 243 Å². The molecular formula is C10H14N5Na2O9P. The number of hydrogen-bond donors (Lipinski definition) is 4. The number of aliphatic hydroxyl groups is 2. The summed E-state index contributed by atoms with van der Waals surface area (Å²) in [5, 5.41) is 20.0. The largest absolute Gasteiger partial charge is 1.00 e. The van der Waals surface area contributed by atoms with E-state index in [9.17, 15) is 29.4 Å². The Bertz CT molecular complexity index is 872. The van der Waals surface area contributed by atoms with E-state index >= 15 is 0 Å². The van der Waals surface area contributed by atoms with Gasteiger partial charge in [-0.05, 0) is 0 Å². The molecule has 0 radical (unpaired) electrons. The Balaban J connectivity index is 0.00000225. The first kappa shape index (κ1) is 27.1. The van der Waals surface area contributed by atoms with Gasteiger partial charge in [0.05, 0.1) is 20.8 Å². The Kier molecular flexibility index (Phi) is 10.3. The van der Waals surface area contributed by atoms with E-state index in [1.165, 1.54) is 0 Å². The molecule has 0 amide bonds. The number of imidazole rings is 1. The number of phosphoric acid groups is 1. The molecule has 140 valence electrons. The Morgan fingerprint density at radius 2 is 2.00 bits per heavy atom. The third-order valence-electron chi connectivity index (χ3n) is 3.46. The fraction of sp³-hybridized carbons (Fsp3) is 0.500. The number of aromatic nitrogens is 4. The van der Waals surface area contributed by atoms with Crippen LogP contribution in [0.15, 0.2) is 11.1 Å². The molecule has 7 N–H and O–H groups in total. The maximum atomic E-state index is 11.7. The van der Waals surface area contributed by atoms with E-state index in [1.807, 2.05) is 0 Å². The van der Waals surface area contributed by atoms with Crippen molar-refractivity contribution >= 4 is 24.9 Å². The summed E-state index contributed by atoms with van der Waals surface area (Å²) < 4.78 is 21.0. The SMILES string of the molecule is Nc1nc2c(ncn2C2OC(COP(=O)([O-])[O-])C(O)C2O)c(=O)[nH]1.O.[Na+].[Na+]. The van der Waals surface area contributed by atoms with Crippen LogP contribution in [-0.2, 0) is 13.8 Å². The average molecular weight is 425 g/mol. The second kappa shape index (κ2) is 10.2. The summed E-state index contributed by atoms with van der Waals surface area (Å²) in [4.78, 5) is 42.7. The molecule has 17 heteroatoms.